The van der Waals surface area contributed by atoms with Crippen LogP contribution in [0.4, 0.5) is 0 Å². The van der Waals surface area contributed by atoms with E-state index in [0.29, 0.717) is 33.1 Å². The van der Waals surface area contributed by atoms with Crippen molar-refractivity contribution >= 4 is 51.9 Å². The number of ether oxygens (including phenoxy) is 1. The van der Waals surface area contributed by atoms with E-state index in [-0.39, 0.29) is 5.91 Å². The molecule has 132 valence electrons. The number of thioether (sulfide) groups is 1. The Hall–Kier alpha value is -2.08. The summed E-state index contributed by atoms with van der Waals surface area (Å²) in [6.45, 7) is 4.46. The van der Waals surface area contributed by atoms with Crippen LogP contribution >= 0.6 is 35.6 Å². The molecule has 3 nitrogen and oxygen atoms in total. The number of amides is 1. The first-order valence-corrected chi connectivity index (χ1v) is 9.51. The van der Waals surface area contributed by atoms with Crippen molar-refractivity contribution in [2.24, 2.45) is 0 Å². The van der Waals surface area contributed by atoms with Gasteiger partial charge in [0.2, 0.25) is 0 Å². The maximum absolute atomic E-state index is 12.4. The van der Waals surface area contributed by atoms with Crippen LogP contribution in [0.15, 0.2) is 66.1 Å². The topological polar surface area (TPSA) is 29.5 Å². The smallest absolute Gasteiger partial charge is 0.266 e. The van der Waals surface area contributed by atoms with Crippen LogP contribution in [-0.2, 0) is 11.4 Å². The third-order valence-electron chi connectivity index (χ3n) is 3.69. The number of hydrogen-bond donors (Lipinski definition) is 0. The molecule has 0 atom stereocenters. The van der Waals surface area contributed by atoms with E-state index in [2.05, 4.69) is 6.58 Å². The van der Waals surface area contributed by atoms with Gasteiger partial charge in [-0.2, -0.15) is 0 Å². The summed E-state index contributed by atoms with van der Waals surface area (Å²) in [6.07, 6.45) is 3.49. The fourth-order valence-corrected chi connectivity index (χ4v) is 3.87. The highest BCUT2D eigenvalue weighted by Crippen LogP contribution is 2.32. The Kier molecular flexibility index (Phi) is 6.14. The number of hydrogen-bond acceptors (Lipinski definition) is 4. The van der Waals surface area contributed by atoms with Gasteiger partial charge < -0.3 is 4.74 Å². The van der Waals surface area contributed by atoms with Gasteiger partial charge in [0.1, 0.15) is 16.7 Å². The molecular formula is C20H16ClNO2S2. The largest absolute Gasteiger partial charge is 0.489 e. The molecule has 1 saturated heterocycles. The van der Waals surface area contributed by atoms with Crippen LogP contribution in [0.25, 0.3) is 6.08 Å². The minimum absolute atomic E-state index is 0.0951. The molecule has 0 radical (unpaired) electrons. The van der Waals surface area contributed by atoms with Crippen LogP contribution in [0, 0.1) is 0 Å². The molecule has 0 N–H and O–H groups in total. The predicted octanol–water partition coefficient (Wildman–Crippen LogP) is 5.31. The van der Waals surface area contributed by atoms with E-state index < -0.39 is 0 Å². The van der Waals surface area contributed by atoms with E-state index in [1.165, 1.54) is 16.7 Å². The minimum Gasteiger partial charge on any atom is -0.489 e. The van der Waals surface area contributed by atoms with Crippen molar-refractivity contribution < 1.29 is 9.53 Å². The van der Waals surface area contributed by atoms with Gasteiger partial charge in [-0.25, -0.2) is 0 Å². The standard InChI is InChI=1S/C20H16ClNO2S2/c1-2-10-22-19(23)18(26-20(22)25)12-14-6-5-8-16(11-14)24-13-15-7-3-4-9-17(15)21/h2-9,11-12H,1,10,13H2/b18-12-. The summed E-state index contributed by atoms with van der Waals surface area (Å²) in [4.78, 5) is 14.5. The number of carbonyl (C=O) groups is 1. The fraction of sp³-hybridized carbons (Fsp3) is 0.100. The molecule has 1 heterocycles. The van der Waals surface area contributed by atoms with Gasteiger partial charge in [0, 0.05) is 17.1 Å². The Morgan fingerprint density at radius 2 is 2.04 bits per heavy atom. The quantitative estimate of drug-likeness (QED) is 0.373. The lowest BCUT2D eigenvalue weighted by Gasteiger charge is -2.10. The van der Waals surface area contributed by atoms with E-state index in [1.807, 2.05) is 54.6 Å². The highest BCUT2D eigenvalue weighted by molar-refractivity contribution is 8.26. The molecule has 1 aliphatic rings. The van der Waals surface area contributed by atoms with Crippen molar-refractivity contribution in [1.29, 1.82) is 0 Å². The molecular weight excluding hydrogens is 386 g/mol. The first kappa shape index (κ1) is 18.7. The Labute approximate surface area is 167 Å². The number of halogens is 1. The van der Waals surface area contributed by atoms with Crippen LogP contribution < -0.4 is 4.74 Å². The zero-order valence-corrected chi connectivity index (χ0v) is 16.2. The summed E-state index contributed by atoms with van der Waals surface area (Å²) in [5, 5.41) is 0.676. The number of rotatable bonds is 6. The number of nitrogens with zero attached hydrogens (tertiary/aromatic N) is 1. The lowest BCUT2D eigenvalue weighted by Crippen LogP contribution is -2.27. The molecule has 0 spiro atoms. The Bertz CT molecular complexity index is 895. The van der Waals surface area contributed by atoms with E-state index in [9.17, 15) is 4.79 Å². The zero-order chi connectivity index (χ0) is 18.5. The molecule has 1 aliphatic heterocycles. The summed E-state index contributed by atoms with van der Waals surface area (Å²) in [7, 11) is 0. The molecule has 0 unspecified atom stereocenters. The molecule has 1 fully saturated rings. The summed E-state index contributed by atoms with van der Waals surface area (Å²) < 4.78 is 6.38. The number of benzene rings is 2. The van der Waals surface area contributed by atoms with Crippen molar-refractivity contribution in [2.75, 3.05) is 6.54 Å². The van der Waals surface area contributed by atoms with Crippen molar-refractivity contribution in [3.63, 3.8) is 0 Å². The molecule has 0 aliphatic carbocycles. The van der Waals surface area contributed by atoms with Crippen molar-refractivity contribution in [1.82, 2.24) is 4.90 Å². The van der Waals surface area contributed by atoms with Crippen LogP contribution in [-0.4, -0.2) is 21.7 Å². The van der Waals surface area contributed by atoms with Crippen LogP contribution in [0.2, 0.25) is 5.02 Å². The SMILES string of the molecule is C=CCN1C(=O)/C(=C/c2cccc(OCc3ccccc3Cl)c2)SC1=S. The lowest BCUT2D eigenvalue weighted by molar-refractivity contribution is -0.121. The van der Waals surface area contributed by atoms with Crippen LogP contribution in [0.3, 0.4) is 0 Å². The Morgan fingerprint density at radius 1 is 1.23 bits per heavy atom. The second-order valence-corrected chi connectivity index (χ2v) is 7.62. The molecule has 1 amide bonds. The summed E-state index contributed by atoms with van der Waals surface area (Å²) in [6, 6.07) is 15.1. The average molecular weight is 402 g/mol. The molecule has 3 rings (SSSR count). The summed E-state index contributed by atoms with van der Waals surface area (Å²) >= 11 is 12.7. The van der Waals surface area contributed by atoms with E-state index in [0.717, 1.165) is 11.1 Å². The van der Waals surface area contributed by atoms with Gasteiger partial charge >= 0.3 is 0 Å². The summed E-state index contributed by atoms with van der Waals surface area (Å²) in [5.41, 5.74) is 1.80. The van der Waals surface area contributed by atoms with Gasteiger partial charge in [-0.3, -0.25) is 9.69 Å². The first-order valence-electron chi connectivity index (χ1n) is 7.91. The molecule has 2 aromatic rings. The predicted molar refractivity (Wildman–Crippen MR) is 112 cm³/mol. The molecule has 26 heavy (non-hydrogen) atoms. The first-order chi connectivity index (χ1) is 12.6. The highest BCUT2D eigenvalue weighted by Gasteiger charge is 2.30. The van der Waals surface area contributed by atoms with E-state index in [1.54, 1.807) is 6.08 Å². The Balaban J connectivity index is 1.73. The van der Waals surface area contributed by atoms with E-state index >= 15 is 0 Å². The maximum Gasteiger partial charge on any atom is 0.266 e. The second-order valence-electron chi connectivity index (χ2n) is 5.53. The van der Waals surface area contributed by atoms with Gasteiger partial charge in [0.05, 0.1) is 4.91 Å². The molecule has 6 heteroatoms. The average Bonchev–Trinajstić information content (AvgIpc) is 2.89. The third kappa shape index (κ3) is 4.36. The zero-order valence-electron chi connectivity index (χ0n) is 13.9. The summed E-state index contributed by atoms with van der Waals surface area (Å²) in [5.74, 6) is 0.613. The fourth-order valence-electron chi connectivity index (χ4n) is 2.41. The minimum atomic E-state index is -0.0951. The van der Waals surface area contributed by atoms with Gasteiger partial charge in [-0.1, -0.05) is 72.0 Å². The van der Waals surface area contributed by atoms with Crippen LogP contribution in [0.5, 0.6) is 5.75 Å². The Morgan fingerprint density at radius 3 is 2.81 bits per heavy atom. The second kappa shape index (κ2) is 8.54. The molecule has 0 bridgehead atoms. The number of thiocarbonyl (C=S) groups is 1. The van der Waals surface area contributed by atoms with Gasteiger partial charge in [-0.15, -0.1) is 6.58 Å². The molecule has 0 saturated carbocycles. The van der Waals surface area contributed by atoms with Crippen molar-refractivity contribution in [3.8, 4) is 5.75 Å². The van der Waals surface area contributed by atoms with E-state index in [4.69, 9.17) is 28.6 Å². The van der Waals surface area contributed by atoms with Gasteiger partial charge in [-0.05, 0) is 29.8 Å². The number of carbonyl (C=O) groups excluding carboxylic acids is 1. The maximum atomic E-state index is 12.4. The van der Waals surface area contributed by atoms with Gasteiger partial charge in [0.15, 0.2) is 0 Å². The van der Waals surface area contributed by atoms with Crippen molar-refractivity contribution in [2.45, 2.75) is 6.61 Å². The third-order valence-corrected chi connectivity index (χ3v) is 5.44. The van der Waals surface area contributed by atoms with Crippen LogP contribution in [0.1, 0.15) is 11.1 Å². The lowest BCUT2D eigenvalue weighted by atomic mass is 10.2. The van der Waals surface area contributed by atoms with Crippen molar-refractivity contribution in [3.05, 3.63) is 82.2 Å². The molecule has 2 aromatic carbocycles. The highest BCUT2D eigenvalue weighted by atomic mass is 35.5. The normalized spacial score (nSPS) is 15.6. The molecule has 0 aromatic heterocycles. The van der Waals surface area contributed by atoms with Gasteiger partial charge in [0.25, 0.3) is 5.91 Å². The monoisotopic (exact) mass is 401 g/mol.